The molecule has 1 heterocycles. The summed E-state index contributed by atoms with van der Waals surface area (Å²) in [7, 11) is 0. The van der Waals surface area contributed by atoms with E-state index in [1.807, 2.05) is 0 Å². The summed E-state index contributed by atoms with van der Waals surface area (Å²) in [5.74, 6) is 0. The number of anilines is 3. The topological polar surface area (TPSA) is 8.17 Å². The minimum Gasteiger partial charge on any atom is -0.310 e. The average Bonchev–Trinajstić information content (AvgIpc) is 3.90. The van der Waals surface area contributed by atoms with Gasteiger partial charge in [0.05, 0.1) is 16.4 Å². The molecule has 0 bridgehead atoms. The van der Waals surface area contributed by atoms with Crippen LogP contribution in [0.3, 0.4) is 0 Å². The molecule has 1 aliphatic rings. The lowest BCUT2D eigenvalue weighted by Gasteiger charge is -2.34. The molecule has 0 unspecified atom stereocenters. The van der Waals surface area contributed by atoms with Gasteiger partial charge in [-0.25, -0.2) is 0 Å². The van der Waals surface area contributed by atoms with Crippen LogP contribution in [-0.2, 0) is 5.41 Å². The van der Waals surface area contributed by atoms with E-state index in [1.54, 1.807) is 0 Å². The van der Waals surface area contributed by atoms with Gasteiger partial charge < -0.3 is 9.47 Å². The maximum Gasteiger partial charge on any atom is 0.0713 e. The van der Waals surface area contributed by atoms with Gasteiger partial charge in [0.25, 0.3) is 0 Å². The Hall–Kier alpha value is -8.72. The first-order valence-electron chi connectivity index (χ1n) is 23.2. The standard InChI is InChI=1S/C65H44N2/c1-4-18-45(19-5-1)54-29-16-20-47-21-17-30-55(64(47)54)46-34-36-50(37-35-46)66(51-38-40-52(41-39-51)67-62-32-14-11-27-57(62)58-28-12-15-33-63(58)67)53-42-43-61-59(44-53)56-26-10-13-31-60(56)65(61,48-22-6-2-7-23-48)49-24-8-3-9-25-49/h1-44H. The molecule has 1 aliphatic carbocycles. The van der Waals surface area contributed by atoms with E-state index < -0.39 is 5.41 Å². The molecule has 2 nitrogen and oxygen atoms in total. The van der Waals surface area contributed by atoms with Crippen molar-refractivity contribution < 1.29 is 0 Å². The normalized spacial score (nSPS) is 12.6. The summed E-state index contributed by atoms with van der Waals surface area (Å²) in [5.41, 5.74) is 18.8. The summed E-state index contributed by atoms with van der Waals surface area (Å²) in [6.07, 6.45) is 0. The van der Waals surface area contributed by atoms with Crippen LogP contribution in [0.25, 0.3) is 71.6 Å². The molecule has 0 N–H and O–H groups in total. The fourth-order valence-electron chi connectivity index (χ4n) is 11.2. The number of nitrogens with zero attached hydrogens (tertiary/aromatic N) is 2. The van der Waals surface area contributed by atoms with Crippen molar-refractivity contribution in [2.24, 2.45) is 0 Å². The molecule has 0 amide bonds. The Morgan fingerprint density at radius 3 is 1.39 bits per heavy atom. The summed E-state index contributed by atoms with van der Waals surface area (Å²) >= 11 is 0. The van der Waals surface area contributed by atoms with Crippen molar-refractivity contribution in [3.05, 3.63) is 289 Å². The van der Waals surface area contributed by atoms with Gasteiger partial charge in [0.1, 0.15) is 0 Å². The van der Waals surface area contributed by atoms with Crippen LogP contribution in [0.1, 0.15) is 22.3 Å². The van der Waals surface area contributed by atoms with Crippen molar-refractivity contribution >= 4 is 49.6 Å². The van der Waals surface area contributed by atoms with Gasteiger partial charge in [0.15, 0.2) is 0 Å². The predicted molar refractivity (Wildman–Crippen MR) is 281 cm³/mol. The lowest BCUT2D eigenvalue weighted by atomic mass is 9.68. The zero-order valence-electron chi connectivity index (χ0n) is 36.8. The first-order valence-corrected chi connectivity index (χ1v) is 23.2. The highest BCUT2D eigenvalue weighted by molar-refractivity contribution is 6.09. The third-order valence-corrected chi connectivity index (χ3v) is 14.1. The van der Waals surface area contributed by atoms with Gasteiger partial charge in [-0.2, -0.15) is 0 Å². The maximum atomic E-state index is 2.42. The summed E-state index contributed by atoms with van der Waals surface area (Å²) in [4.78, 5) is 2.42. The van der Waals surface area contributed by atoms with Crippen LogP contribution >= 0.6 is 0 Å². The first kappa shape index (κ1) is 38.7. The number of aromatic nitrogens is 1. The Morgan fingerprint density at radius 2 is 0.776 bits per heavy atom. The highest BCUT2D eigenvalue weighted by Gasteiger charge is 2.46. The largest absolute Gasteiger partial charge is 0.310 e. The molecule has 67 heavy (non-hydrogen) atoms. The molecule has 314 valence electrons. The van der Waals surface area contributed by atoms with E-state index in [2.05, 4.69) is 276 Å². The monoisotopic (exact) mass is 852 g/mol. The van der Waals surface area contributed by atoms with Crippen LogP contribution in [0, 0.1) is 0 Å². The number of fused-ring (bicyclic) bond motifs is 7. The van der Waals surface area contributed by atoms with Gasteiger partial charge in [-0.3, -0.25) is 0 Å². The molecule has 0 saturated heterocycles. The van der Waals surface area contributed by atoms with E-state index in [0.717, 1.165) is 22.7 Å². The van der Waals surface area contributed by atoms with Crippen LogP contribution in [0.4, 0.5) is 17.1 Å². The minimum atomic E-state index is -0.472. The molecule has 0 saturated carbocycles. The Morgan fingerprint density at radius 1 is 0.313 bits per heavy atom. The second-order valence-corrected chi connectivity index (χ2v) is 17.6. The van der Waals surface area contributed by atoms with Crippen LogP contribution < -0.4 is 4.90 Å². The van der Waals surface area contributed by atoms with Crippen molar-refractivity contribution in [3.63, 3.8) is 0 Å². The second-order valence-electron chi connectivity index (χ2n) is 17.6. The molecular formula is C65H44N2. The van der Waals surface area contributed by atoms with Gasteiger partial charge in [-0.05, 0) is 127 Å². The number of benzene rings is 11. The summed E-state index contributed by atoms with van der Waals surface area (Å²) in [6.45, 7) is 0. The Bertz CT molecular complexity index is 3680. The number of para-hydroxylation sites is 2. The molecule has 0 fully saturated rings. The molecule has 12 aromatic rings. The van der Waals surface area contributed by atoms with E-state index in [0.29, 0.717) is 0 Å². The Labute approximate surface area is 390 Å². The van der Waals surface area contributed by atoms with Crippen molar-refractivity contribution in [2.45, 2.75) is 5.41 Å². The molecule has 11 aromatic carbocycles. The first-order chi connectivity index (χ1) is 33.3. The van der Waals surface area contributed by atoms with E-state index in [9.17, 15) is 0 Å². The molecule has 0 spiro atoms. The highest BCUT2D eigenvalue weighted by atomic mass is 15.1. The van der Waals surface area contributed by atoms with Crippen LogP contribution in [0.2, 0.25) is 0 Å². The van der Waals surface area contributed by atoms with Crippen molar-refractivity contribution in [1.29, 1.82) is 0 Å². The SMILES string of the molecule is c1ccc(-c2cccc3cccc(-c4ccc(N(c5ccc(-n6c7ccccc7c7ccccc76)cc5)c5ccc6c(c5)-c5ccccc5C6(c5ccccc5)c5ccccc5)cc4)c23)cc1. The van der Waals surface area contributed by atoms with E-state index in [1.165, 1.54) is 88.2 Å². The second kappa shape index (κ2) is 15.8. The molecular weight excluding hydrogens is 809 g/mol. The smallest absolute Gasteiger partial charge is 0.0713 e. The lowest BCUT2D eigenvalue weighted by Crippen LogP contribution is -2.28. The Kier molecular flexibility index (Phi) is 9.11. The van der Waals surface area contributed by atoms with E-state index in [-0.39, 0.29) is 0 Å². The zero-order chi connectivity index (χ0) is 44.3. The van der Waals surface area contributed by atoms with E-state index in [4.69, 9.17) is 0 Å². The van der Waals surface area contributed by atoms with Crippen molar-refractivity contribution in [1.82, 2.24) is 4.57 Å². The van der Waals surface area contributed by atoms with Gasteiger partial charge in [0.2, 0.25) is 0 Å². The highest BCUT2D eigenvalue weighted by Crippen LogP contribution is 2.57. The molecule has 0 atom stereocenters. The van der Waals surface area contributed by atoms with Gasteiger partial charge >= 0.3 is 0 Å². The van der Waals surface area contributed by atoms with Gasteiger partial charge in [0, 0.05) is 33.5 Å². The average molecular weight is 853 g/mol. The molecule has 2 heteroatoms. The summed E-state index contributed by atoms with van der Waals surface area (Å²) < 4.78 is 2.39. The van der Waals surface area contributed by atoms with Crippen LogP contribution in [-0.4, -0.2) is 4.57 Å². The summed E-state index contributed by atoms with van der Waals surface area (Å²) in [6, 6.07) is 98.0. The van der Waals surface area contributed by atoms with Crippen molar-refractivity contribution in [2.75, 3.05) is 4.90 Å². The zero-order valence-corrected chi connectivity index (χ0v) is 36.8. The number of hydrogen-bond donors (Lipinski definition) is 0. The minimum absolute atomic E-state index is 0.472. The molecule has 13 rings (SSSR count). The van der Waals surface area contributed by atoms with Crippen LogP contribution in [0.15, 0.2) is 267 Å². The Balaban J connectivity index is 0.991. The third kappa shape index (κ3) is 6.11. The maximum absolute atomic E-state index is 2.42. The predicted octanol–water partition coefficient (Wildman–Crippen LogP) is 17.1. The molecule has 0 radical (unpaired) electrons. The number of rotatable bonds is 8. The van der Waals surface area contributed by atoms with E-state index >= 15 is 0 Å². The fraction of sp³-hybridized carbons (Fsp3) is 0.0154. The van der Waals surface area contributed by atoms with Crippen molar-refractivity contribution in [3.8, 4) is 39.1 Å². The van der Waals surface area contributed by atoms with Gasteiger partial charge in [-0.1, -0.05) is 206 Å². The fourth-order valence-corrected chi connectivity index (χ4v) is 11.2. The molecule has 1 aromatic heterocycles. The lowest BCUT2D eigenvalue weighted by molar-refractivity contribution is 0.768. The van der Waals surface area contributed by atoms with Gasteiger partial charge in [-0.15, -0.1) is 0 Å². The quantitative estimate of drug-likeness (QED) is 0.148. The number of hydrogen-bond acceptors (Lipinski definition) is 1. The summed E-state index contributed by atoms with van der Waals surface area (Å²) in [5, 5.41) is 5.01. The molecule has 0 aliphatic heterocycles. The van der Waals surface area contributed by atoms with Crippen LogP contribution in [0.5, 0.6) is 0 Å². The third-order valence-electron chi connectivity index (χ3n) is 14.1.